The zero-order valence-corrected chi connectivity index (χ0v) is 26.8. The number of benzene rings is 1. The Kier molecular flexibility index (Phi) is 14.3. The van der Waals surface area contributed by atoms with Crippen molar-refractivity contribution in [3.05, 3.63) is 40.2 Å². The molecule has 5 atom stereocenters. The summed E-state index contributed by atoms with van der Waals surface area (Å²) in [6.07, 6.45) is -12.2. The minimum Gasteiger partial charge on any atom is -0.726 e. The third-order valence-electron chi connectivity index (χ3n) is 4.39. The van der Waals surface area contributed by atoms with Gasteiger partial charge in [0, 0.05) is 17.5 Å². The number of aliphatic carboxylic acids is 1. The van der Waals surface area contributed by atoms with Gasteiger partial charge in [-0.05, 0) is 24.6 Å². The number of carbonyl (C=O) groups excluding carboxylic acids is 1. The molecular weight excluding hydrogens is 565 g/mol. The SMILES string of the molecule is Cc1cc(=O)oc2cc(O[C@@H]3O[C@@H](C(=O)[O-])[C@@H](OS(=O)(=O)[O-])C(O)C3OS(=O)(=O)[O-])ccc12.[Na+].[Na+].[Na+]. The smallest absolute Gasteiger partial charge is 0.726 e. The molecule has 2 heterocycles. The zero-order valence-electron chi connectivity index (χ0n) is 19.2. The van der Waals surface area contributed by atoms with Crippen molar-refractivity contribution in [1.82, 2.24) is 0 Å². The molecule has 182 valence electrons. The van der Waals surface area contributed by atoms with Gasteiger partial charge in [0.05, 0.1) is 5.97 Å². The number of hydrogen-bond acceptors (Lipinski definition) is 15. The molecule has 2 aromatic rings. The van der Waals surface area contributed by atoms with Gasteiger partial charge in [-0.15, -0.1) is 0 Å². The minimum atomic E-state index is -5.65. The Hall–Kier alpha value is 0.360. The van der Waals surface area contributed by atoms with E-state index in [4.69, 9.17) is 13.9 Å². The van der Waals surface area contributed by atoms with Crippen LogP contribution in [-0.2, 0) is 38.7 Å². The average molecular weight is 578 g/mol. The predicted octanol–water partition coefficient (Wildman–Crippen LogP) is -12.0. The molecule has 1 N–H and O–H groups in total. The second kappa shape index (κ2) is 14.1. The molecule has 1 aliphatic rings. The Morgan fingerprint density at radius 2 is 1.56 bits per heavy atom. The van der Waals surface area contributed by atoms with Crippen LogP contribution < -0.4 is 104 Å². The second-order valence-electron chi connectivity index (χ2n) is 6.70. The van der Waals surface area contributed by atoms with E-state index < -0.39 is 63.1 Å². The molecule has 1 saturated heterocycles. The van der Waals surface area contributed by atoms with E-state index in [0.717, 1.165) is 6.07 Å². The largest absolute Gasteiger partial charge is 1.00 e. The molecule has 1 fully saturated rings. The molecule has 1 aliphatic heterocycles. The van der Waals surface area contributed by atoms with Crippen molar-refractivity contribution in [2.75, 3.05) is 0 Å². The van der Waals surface area contributed by atoms with Crippen LogP contribution in [-0.4, -0.2) is 67.7 Å². The number of rotatable bonds is 7. The summed E-state index contributed by atoms with van der Waals surface area (Å²) in [7, 11) is -11.3. The summed E-state index contributed by atoms with van der Waals surface area (Å²) < 4.78 is 89.3. The topological polar surface area (TPSA) is 242 Å². The van der Waals surface area contributed by atoms with Crippen LogP contribution in [0.5, 0.6) is 5.75 Å². The quantitative estimate of drug-likeness (QED) is 0.139. The first-order chi connectivity index (χ1) is 15.1. The monoisotopic (exact) mass is 578 g/mol. The summed E-state index contributed by atoms with van der Waals surface area (Å²) in [5.41, 5.74) is -0.180. The maximum atomic E-state index is 11.6. The molecular formula is C16H13Na3O15S2. The Morgan fingerprint density at radius 1 is 1.00 bits per heavy atom. The van der Waals surface area contributed by atoms with Crippen LogP contribution in [0.4, 0.5) is 0 Å². The molecule has 36 heavy (non-hydrogen) atoms. The van der Waals surface area contributed by atoms with E-state index in [9.17, 15) is 45.7 Å². The van der Waals surface area contributed by atoms with Gasteiger partial charge in [0.25, 0.3) is 0 Å². The Morgan fingerprint density at radius 3 is 2.08 bits per heavy atom. The molecule has 20 heteroatoms. The van der Waals surface area contributed by atoms with E-state index in [1.54, 1.807) is 6.92 Å². The van der Waals surface area contributed by atoms with Gasteiger partial charge < -0.3 is 38.0 Å². The van der Waals surface area contributed by atoms with Crippen LogP contribution in [0, 0.1) is 6.92 Å². The van der Waals surface area contributed by atoms with E-state index in [0.29, 0.717) is 10.9 Å². The Bertz CT molecular complexity index is 1340. The molecule has 0 radical (unpaired) electrons. The first-order valence-electron chi connectivity index (χ1n) is 8.68. The third-order valence-corrected chi connectivity index (χ3v) is 5.30. The molecule has 0 saturated carbocycles. The number of carbonyl (C=O) groups is 1. The summed E-state index contributed by atoms with van der Waals surface area (Å²) in [5.74, 6) is -2.42. The summed E-state index contributed by atoms with van der Waals surface area (Å²) in [6.45, 7) is 1.61. The van der Waals surface area contributed by atoms with Crippen molar-refractivity contribution < 1.29 is 152 Å². The Balaban J connectivity index is 0.00000408. The van der Waals surface area contributed by atoms with Gasteiger partial charge in [0.15, 0.2) is 6.10 Å². The van der Waals surface area contributed by atoms with E-state index in [-0.39, 0.29) is 100 Å². The molecule has 15 nitrogen and oxygen atoms in total. The van der Waals surface area contributed by atoms with Crippen molar-refractivity contribution in [3.8, 4) is 5.75 Å². The van der Waals surface area contributed by atoms with Crippen LogP contribution in [0.3, 0.4) is 0 Å². The van der Waals surface area contributed by atoms with Gasteiger partial charge in [0.2, 0.25) is 27.1 Å². The fraction of sp³-hybridized carbons (Fsp3) is 0.375. The van der Waals surface area contributed by atoms with E-state index in [2.05, 4.69) is 8.37 Å². The minimum absolute atomic E-state index is 0. The van der Waals surface area contributed by atoms with Crippen molar-refractivity contribution in [1.29, 1.82) is 0 Å². The number of aryl methyl sites for hydroxylation is 1. The normalized spacial score (nSPS) is 24.1. The number of aliphatic hydroxyl groups is 1. The van der Waals surface area contributed by atoms with E-state index in [1.165, 1.54) is 18.2 Å². The number of carboxylic acids is 1. The molecule has 0 amide bonds. The fourth-order valence-electron chi connectivity index (χ4n) is 3.11. The number of carboxylic acid groups (broad SMARTS) is 1. The standard InChI is InChI=1S/C16H16O15S2.3Na/c1-6-4-10(17)28-9-5-7(2-3-8(6)9)27-16-13(31-33(24,25)26)11(18)12(30-32(21,22)23)14(29-16)15(19)20;;;/h2-5,11-14,16,18H,1H3,(H,19,20)(H,21,22,23)(H,24,25,26);;;/q;3*+1/p-3/t11?,12-,13?,14+,16+;;;/m0.../s1. The summed E-state index contributed by atoms with van der Waals surface area (Å²) >= 11 is 0. The summed E-state index contributed by atoms with van der Waals surface area (Å²) in [4.78, 5) is 23.0. The average Bonchev–Trinajstić information content (AvgIpc) is 2.64. The van der Waals surface area contributed by atoms with E-state index >= 15 is 0 Å². The Labute approximate surface area is 270 Å². The van der Waals surface area contributed by atoms with Crippen molar-refractivity contribution >= 4 is 37.7 Å². The number of ether oxygens (including phenoxy) is 2. The maximum Gasteiger partial charge on any atom is 1.00 e. The first kappa shape index (κ1) is 36.4. The van der Waals surface area contributed by atoms with Gasteiger partial charge in [-0.1, -0.05) is 0 Å². The predicted molar refractivity (Wildman–Crippen MR) is 96.7 cm³/mol. The third kappa shape index (κ3) is 9.53. The molecule has 0 bridgehead atoms. The van der Waals surface area contributed by atoms with Gasteiger partial charge >= 0.3 is 94.3 Å². The number of fused-ring (bicyclic) bond motifs is 1. The van der Waals surface area contributed by atoms with Crippen LogP contribution in [0.2, 0.25) is 0 Å². The summed E-state index contributed by atoms with van der Waals surface area (Å²) in [5, 5.41) is 22.2. The number of hydrogen-bond donors (Lipinski definition) is 1. The van der Waals surface area contributed by atoms with Crippen molar-refractivity contribution in [2.45, 2.75) is 37.6 Å². The molecule has 0 aliphatic carbocycles. The number of aliphatic hydroxyl groups excluding tert-OH is 1. The van der Waals surface area contributed by atoms with Crippen molar-refractivity contribution in [3.63, 3.8) is 0 Å². The molecule has 3 rings (SSSR count). The fourth-order valence-corrected chi connectivity index (χ4v) is 4.07. The van der Waals surface area contributed by atoms with Gasteiger partial charge in [-0.2, -0.15) is 0 Å². The maximum absolute atomic E-state index is 11.6. The zero-order chi connectivity index (χ0) is 24.7. The van der Waals surface area contributed by atoms with Gasteiger partial charge in [-0.25, -0.2) is 21.6 Å². The molecule has 1 aromatic carbocycles. The first-order valence-corrected chi connectivity index (χ1v) is 11.3. The van der Waals surface area contributed by atoms with E-state index in [1.807, 2.05) is 0 Å². The van der Waals surface area contributed by atoms with Gasteiger partial charge in [0.1, 0.15) is 29.6 Å². The van der Waals surface area contributed by atoms with Gasteiger partial charge in [-0.3, -0.25) is 8.37 Å². The van der Waals surface area contributed by atoms with Crippen LogP contribution in [0.15, 0.2) is 33.5 Å². The van der Waals surface area contributed by atoms with Crippen LogP contribution in [0.25, 0.3) is 11.0 Å². The second-order valence-corrected chi connectivity index (χ2v) is 8.72. The van der Waals surface area contributed by atoms with Crippen LogP contribution in [0.1, 0.15) is 5.56 Å². The molecule has 1 aromatic heterocycles. The summed E-state index contributed by atoms with van der Waals surface area (Å²) in [6, 6.07) is 5.00. The molecule has 2 unspecified atom stereocenters. The molecule has 0 spiro atoms. The van der Waals surface area contributed by atoms with Crippen LogP contribution >= 0.6 is 0 Å². The van der Waals surface area contributed by atoms with Crippen molar-refractivity contribution in [2.24, 2.45) is 0 Å².